The summed E-state index contributed by atoms with van der Waals surface area (Å²) in [6.07, 6.45) is 4.36. The Labute approximate surface area is 325 Å². The molecule has 0 unspecified atom stereocenters. The Balaban J connectivity index is 0.947. The fraction of sp³-hybridized carbons (Fsp3) is 0.0566. The number of nitrogens with zero attached hydrogens (tertiary/aromatic N) is 2. The first kappa shape index (κ1) is 35.1. The average Bonchev–Trinajstić information content (AvgIpc) is 3.22. The Morgan fingerprint density at radius 1 is 0.273 bits per heavy atom. The fourth-order valence-electron chi connectivity index (χ4n) is 7.19. The minimum atomic E-state index is 1.13. The molecule has 0 amide bonds. The van der Waals surface area contributed by atoms with Gasteiger partial charge in [0.2, 0.25) is 0 Å². The summed E-state index contributed by atoms with van der Waals surface area (Å²) in [5, 5.41) is 0. The highest BCUT2D eigenvalue weighted by molar-refractivity contribution is 5.81. The molecule has 55 heavy (non-hydrogen) atoms. The van der Waals surface area contributed by atoms with E-state index in [9.17, 15) is 0 Å². The highest BCUT2D eigenvalue weighted by atomic mass is 15.1. The van der Waals surface area contributed by atoms with Crippen molar-refractivity contribution in [1.82, 2.24) is 0 Å². The fourth-order valence-corrected chi connectivity index (χ4v) is 7.19. The van der Waals surface area contributed by atoms with Crippen LogP contribution in [0.1, 0.15) is 27.8 Å². The molecule has 2 heteroatoms. The second kappa shape index (κ2) is 16.0. The van der Waals surface area contributed by atoms with Crippen LogP contribution in [0.15, 0.2) is 200 Å². The van der Waals surface area contributed by atoms with E-state index < -0.39 is 0 Å². The van der Waals surface area contributed by atoms with E-state index in [1.54, 1.807) is 0 Å². The molecule has 8 aromatic rings. The van der Waals surface area contributed by atoms with Crippen LogP contribution in [0.4, 0.5) is 34.1 Å². The second-order valence-electron chi connectivity index (χ2n) is 14.2. The van der Waals surface area contributed by atoms with Crippen LogP contribution in [0.25, 0.3) is 34.4 Å². The summed E-state index contributed by atoms with van der Waals surface area (Å²) in [6, 6.07) is 71.8. The van der Waals surface area contributed by atoms with E-state index in [1.165, 1.54) is 55.8 Å². The lowest BCUT2D eigenvalue weighted by Gasteiger charge is -2.26. The van der Waals surface area contributed by atoms with E-state index in [1.807, 2.05) is 0 Å². The Hall–Kier alpha value is -6.90. The zero-order chi connectivity index (χ0) is 37.6. The van der Waals surface area contributed by atoms with Gasteiger partial charge in [-0.3, -0.25) is 0 Å². The largest absolute Gasteiger partial charge is 0.311 e. The zero-order valence-electron chi connectivity index (χ0n) is 31.6. The smallest absolute Gasteiger partial charge is 0.0466 e. The first-order valence-electron chi connectivity index (χ1n) is 18.9. The Kier molecular flexibility index (Phi) is 10.2. The van der Waals surface area contributed by atoms with Crippen molar-refractivity contribution in [3.63, 3.8) is 0 Å². The number of hydrogen-bond donors (Lipinski definition) is 0. The third-order valence-electron chi connectivity index (χ3n) is 9.99. The van der Waals surface area contributed by atoms with Gasteiger partial charge in [-0.15, -0.1) is 0 Å². The molecule has 0 saturated carbocycles. The summed E-state index contributed by atoms with van der Waals surface area (Å²) in [5.74, 6) is 0. The van der Waals surface area contributed by atoms with Crippen LogP contribution in [-0.2, 0) is 0 Å². The van der Waals surface area contributed by atoms with Crippen LogP contribution >= 0.6 is 0 Å². The van der Waals surface area contributed by atoms with Crippen molar-refractivity contribution in [1.29, 1.82) is 0 Å². The van der Waals surface area contributed by atoms with Crippen molar-refractivity contribution in [2.45, 2.75) is 20.8 Å². The maximum absolute atomic E-state index is 2.34. The van der Waals surface area contributed by atoms with E-state index in [4.69, 9.17) is 0 Å². The van der Waals surface area contributed by atoms with E-state index >= 15 is 0 Å². The Morgan fingerprint density at radius 3 is 0.964 bits per heavy atom. The topological polar surface area (TPSA) is 6.48 Å². The maximum atomic E-state index is 2.34. The highest BCUT2D eigenvalue weighted by Crippen LogP contribution is 2.38. The van der Waals surface area contributed by atoms with Crippen LogP contribution in [0.3, 0.4) is 0 Å². The van der Waals surface area contributed by atoms with Gasteiger partial charge in [-0.2, -0.15) is 0 Å². The molecule has 0 aliphatic rings. The SMILES string of the molecule is Cc1ccc(N(c2ccc(-c3ccc(/C=C/c4ccc(-c5ccc(N(c6ccccc6)c6ccccc6)cc5)cc4)cc3)cc2)c2cc(C)cc(C)c2)cc1. The lowest BCUT2D eigenvalue weighted by atomic mass is 10.0. The van der Waals surface area contributed by atoms with Gasteiger partial charge in [0.1, 0.15) is 0 Å². The second-order valence-corrected chi connectivity index (χ2v) is 14.2. The third kappa shape index (κ3) is 8.20. The van der Waals surface area contributed by atoms with Crippen LogP contribution in [0.5, 0.6) is 0 Å². The van der Waals surface area contributed by atoms with Gasteiger partial charge in [0.25, 0.3) is 0 Å². The molecule has 0 atom stereocenters. The molecule has 8 aromatic carbocycles. The molecular weight excluding hydrogens is 665 g/mol. The van der Waals surface area contributed by atoms with Gasteiger partial charge < -0.3 is 9.80 Å². The van der Waals surface area contributed by atoms with E-state index in [-0.39, 0.29) is 0 Å². The highest BCUT2D eigenvalue weighted by Gasteiger charge is 2.14. The van der Waals surface area contributed by atoms with Gasteiger partial charge in [-0.1, -0.05) is 145 Å². The van der Waals surface area contributed by atoms with Gasteiger partial charge in [-0.05, 0) is 138 Å². The minimum absolute atomic E-state index is 1.13. The summed E-state index contributed by atoms with van der Waals surface area (Å²) in [6.45, 7) is 6.45. The van der Waals surface area contributed by atoms with Gasteiger partial charge in [0.05, 0.1) is 0 Å². The molecule has 0 fully saturated rings. The van der Waals surface area contributed by atoms with Crippen LogP contribution < -0.4 is 9.80 Å². The molecular formula is C53H44N2. The predicted octanol–water partition coefficient (Wildman–Crippen LogP) is 15.1. The predicted molar refractivity (Wildman–Crippen MR) is 236 cm³/mol. The van der Waals surface area contributed by atoms with Crippen molar-refractivity contribution < 1.29 is 0 Å². The number of rotatable bonds is 10. The Bertz CT molecular complexity index is 2440. The third-order valence-corrected chi connectivity index (χ3v) is 9.99. The molecule has 266 valence electrons. The molecule has 0 N–H and O–H groups in total. The quantitative estimate of drug-likeness (QED) is 0.131. The van der Waals surface area contributed by atoms with E-state index in [2.05, 4.69) is 243 Å². The average molecular weight is 709 g/mol. The summed E-state index contributed by atoms with van der Waals surface area (Å²) in [4.78, 5) is 4.63. The van der Waals surface area contributed by atoms with Gasteiger partial charge in [-0.25, -0.2) is 0 Å². The molecule has 0 aromatic heterocycles. The van der Waals surface area contributed by atoms with Crippen LogP contribution in [-0.4, -0.2) is 0 Å². The normalized spacial score (nSPS) is 11.1. The lowest BCUT2D eigenvalue weighted by Crippen LogP contribution is -2.10. The molecule has 0 aliphatic heterocycles. The van der Waals surface area contributed by atoms with Gasteiger partial charge >= 0.3 is 0 Å². The molecule has 0 aliphatic carbocycles. The van der Waals surface area contributed by atoms with Crippen molar-refractivity contribution >= 4 is 46.3 Å². The number of para-hydroxylation sites is 2. The molecule has 0 spiro atoms. The number of anilines is 6. The lowest BCUT2D eigenvalue weighted by molar-refractivity contribution is 1.25. The number of benzene rings is 8. The molecule has 8 rings (SSSR count). The molecule has 0 bridgehead atoms. The van der Waals surface area contributed by atoms with Gasteiger partial charge in [0.15, 0.2) is 0 Å². The summed E-state index contributed by atoms with van der Waals surface area (Å²) in [7, 11) is 0. The maximum Gasteiger partial charge on any atom is 0.0466 e. The zero-order valence-corrected chi connectivity index (χ0v) is 31.6. The minimum Gasteiger partial charge on any atom is -0.311 e. The number of aryl methyl sites for hydroxylation is 3. The summed E-state index contributed by atoms with van der Waals surface area (Å²) < 4.78 is 0. The molecule has 2 nitrogen and oxygen atoms in total. The first-order valence-corrected chi connectivity index (χ1v) is 18.9. The van der Waals surface area contributed by atoms with Crippen molar-refractivity contribution in [2.75, 3.05) is 9.80 Å². The molecule has 0 radical (unpaired) electrons. The molecule has 0 saturated heterocycles. The van der Waals surface area contributed by atoms with Gasteiger partial charge in [0, 0.05) is 34.1 Å². The van der Waals surface area contributed by atoms with Crippen LogP contribution in [0.2, 0.25) is 0 Å². The van der Waals surface area contributed by atoms with Crippen molar-refractivity contribution in [3.05, 3.63) is 228 Å². The standard InChI is InChI=1S/C53H44N2/c1-39-14-30-50(31-15-39)55(53-37-40(2)36-41(3)38-53)52-34-28-47(29-35-52)45-24-20-43(21-25-45)17-16-42-18-22-44(23-19-42)46-26-32-51(33-27-46)54(48-10-6-4-7-11-48)49-12-8-5-9-13-49/h4-38H,1-3H3/b17-16+. The summed E-state index contributed by atoms with van der Waals surface area (Å²) >= 11 is 0. The van der Waals surface area contributed by atoms with Crippen LogP contribution in [0, 0.1) is 20.8 Å². The van der Waals surface area contributed by atoms with Crippen molar-refractivity contribution in [2.24, 2.45) is 0 Å². The monoisotopic (exact) mass is 708 g/mol. The van der Waals surface area contributed by atoms with Crippen molar-refractivity contribution in [3.8, 4) is 22.3 Å². The Morgan fingerprint density at radius 2 is 0.582 bits per heavy atom. The van der Waals surface area contributed by atoms with E-state index in [0.29, 0.717) is 0 Å². The first-order chi connectivity index (χ1) is 27.0. The summed E-state index contributed by atoms with van der Waals surface area (Å²) in [5.41, 5.74) is 17.7. The molecule has 0 heterocycles. The van der Waals surface area contributed by atoms with E-state index in [0.717, 1.165) is 28.4 Å². The number of hydrogen-bond acceptors (Lipinski definition) is 2.